The van der Waals surface area contributed by atoms with Gasteiger partial charge in [0.25, 0.3) is 11.7 Å². The van der Waals surface area contributed by atoms with Crippen LogP contribution in [0.3, 0.4) is 0 Å². The molecule has 1 aromatic carbocycles. The normalized spacial score (nSPS) is 22.8. The molecule has 2 atom stereocenters. The molecular weight excluding hydrogens is 426 g/mol. The van der Waals surface area contributed by atoms with E-state index in [1.165, 1.54) is 11.3 Å². The first-order chi connectivity index (χ1) is 15.4. The first-order valence-electron chi connectivity index (χ1n) is 11.0. The van der Waals surface area contributed by atoms with Crippen molar-refractivity contribution in [3.05, 3.63) is 57.3 Å². The minimum Gasteiger partial charge on any atom is -0.507 e. The lowest BCUT2D eigenvalue weighted by molar-refractivity contribution is -0.140. The van der Waals surface area contributed by atoms with Crippen LogP contribution in [0.2, 0.25) is 0 Å². The molecule has 2 aliphatic heterocycles. The van der Waals surface area contributed by atoms with Gasteiger partial charge < -0.3 is 19.5 Å². The van der Waals surface area contributed by atoms with Crippen LogP contribution in [-0.4, -0.2) is 47.6 Å². The SMILES string of the molecule is Cc1ccsc1C1/C(=C(/O)c2cccc(OCC(C)C)c2)C(=O)C(=O)N1CC1CCCO1. The minimum absolute atomic E-state index is 0.0937. The second-order valence-electron chi connectivity index (χ2n) is 8.79. The second kappa shape index (κ2) is 9.46. The van der Waals surface area contributed by atoms with Gasteiger partial charge in [-0.3, -0.25) is 9.59 Å². The van der Waals surface area contributed by atoms with Gasteiger partial charge in [0.2, 0.25) is 0 Å². The van der Waals surface area contributed by atoms with Crippen molar-refractivity contribution >= 4 is 28.8 Å². The highest BCUT2D eigenvalue weighted by Gasteiger charge is 2.48. The third-order valence-corrected chi connectivity index (χ3v) is 6.88. The van der Waals surface area contributed by atoms with Gasteiger partial charge in [0.15, 0.2) is 0 Å². The quantitative estimate of drug-likeness (QED) is 0.372. The number of thiophene rings is 1. The van der Waals surface area contributed by atoms with E-state index in [2.05, 4.69) is 13.8 Å². The predicted molar refractivity (Wildman–Crippen MR) is 124 cm³/mol. The molecule has 2 aromatic rings. The molecule has 2 fully saturated rings. The number of ether oxygens (including phenoxy) is 2. The maximum Gasteiger partial charge on any atom is 0.295 e. The van der Waals surface area contributed by atoms with Gasteiger partial charge in [0.05, 0.1) is 24.3 Å². The standard InChI is InChI=1S/C25H29NO5S/c1-15(2)14-31-18-7-4-6-17(12-18)22(27)20-21(24-16(3)9-11-32-24)26(25(29)23(20)28)13-19-8-5-10-30-19/h4,6-7,9,11-12,15,19,21,27H,5,8,10,13-14H2,1-3H3/b22-20-. The molecule has 2 aliphatic rings. The Morgan fingerprint density at radius 2 is 2.12 bits per heavy atom. The molecule has 0 spiro atoms. The third-order valence-electron chi connectivity index (χ3n) is 5.81. The van der Waals surface area contributed by atoms with Crippen molar-refractivity contribution in [2.45, 2.75) is 45.8 Å². The zero-order chi connectivity index (χ0) is 22.8. The van der Waals surface area contributed by atoms with Crippen molar-refractivity contribution in [1.29, 1.82) is 0 Å². The summed E-state index contributed by atoms with van der Waals surface area (Å²) in [4.78, 5) is 28.7. The second-order valence-corrected chi connectivity index (χ2v) is 9.73. The zero-order valence-corrected chi connectivity index (χ0v) is 19.5. The lowest BCUT2D eigenvalue weighted by Crippen LogP contribution is -2.36. The molecule has 0 radical (unpaired) electrons. The molecule has 6 nitrogen and oxygen atoms in total. The van der Waals surface area contributed by atoms with E-state index in [9.17, 15) is 14.7 Å². The smallest absolute Gasteiger partial charge is 0.295 e. The highest BCUT2D eigenvalue weighted by molar-refractivity contribution is 7.10. The zero-order valence-electron chi connectivity index (χ0n) is 18.7. The number of hydrogen-bond donors (Lipinski definition) is 1. The lowest BCUT2D eigenvalue weighted by atomic mass is 9.98. The fraction of sp³-hybridized carbons (Fsp3) is 0.440. The number of carbonyl (C=O) groups excluding carboxylic acids is 2. The molecule has 7 heteroatoms. The molecule has 0 saturated carbocycles. The van der Waals surface area contributed by atoms with Crippen LogP contribution >= 0.6 is 11.3 Å². The number of likely N-dealkylation sites (tertiary alicyclic amines) is 1. The maximum atomic E-state index is 13.1. The summed E-state index contributed by atoms with van der Waals surface area (Å²) in [5.41, 5.74) is 1.57. The Balaban J connectivity index is 1.75. The topological polar surface area (TPSA) is 76.1 Å². The van der Waals surface area contributed by atoms with Gasteiger partial charge in [-0.25, -0.2) is 0 Å². The minimum atomic E-state index is -0.660. The van der Waals surface area contributed by atoms with Gasteiger partial charge in [0.1, 0.15) is 11.5 Å². The lowest BCUT2D eigenvalue weighted by Gasteiger charge is -2.27. The number of aliphatic hydroxyl groups excluding tert-OH is 1. The van der Waals surface area contributed by atoms with Gasteiger partial charge in [-0.1, -0.05) is 26.0 Å². The summed E-state index contributed by atoms with van der Waals surface area (Å²) < 4.78 is 11.5. The van der Waals surface area contributed by atoms with Crippen LogP contribution in [0.4, 0.5) is 0 Å². The number of ketones is 1. The molecule has 0 bridgehead atoms. The van der Waals surface area contributed by atoms with Crippen molar-refractivity contribution in [3.63, 3.8) is 0 Å². The first kappa shape index (κ1) is 22.6. The summed E-state index contributed by atoms with van der Waals surface area (Å²) in [6, 6.07) is 8.37. The summed E-state index contributed by atoms with van der Waals surface area (Å²) in [6.07, 6.45) is 1.71. The van der Waals surface area contributed by atoms with Gasteiger partial charge in [-0.15, -0.1) is 11.3 Å². The molecule has 1 amide bonds. The monoisotopic (exact) mass is 455 g/mol. The fourth-order valence-electron chi connectivity index (χ4n) is 4.16. The van der Waals surface area contributed by atoms with E-state index in [1.54, 1.807) is 23.1 Å². The van der Waals surface area contributed by atoms with E-state index in [1.807, 2.05) is 24.4 Å². The maximum absolute atomic E-state index is 13.1. The summed E-state index contributed by atoms with van der Waals surface area (Å²) in [6.45, 7) is 7.62. The molecule has 2 unspecified atom stereocenters. The molecule has 1 N–H and O–H groups in total. The summed E-state index contributed by atoms with van der Waals surface area (Å²) in [7, 11) is 0. The van der Waals surface area contributed by atoms with E-state index in [0.717, 1.165) is 23.3 Å². The molecule has 4 rings (SSSR count). The Bertz CT molecular complexity index is 1030. The average molecular weight is 456 g/mol. The Morgan fingerprint density at radius 1 is 1.31 bits per heavy atom. The number of rotatable bonds is 7. The van der Waals surface area contributed by atoms with Crippen LogP contribution in [-0.2, 0) is 14.3 Å². The van der Waals surface area contributed by atoms with E-state index < -0.39 is 17.7 Å². The molecule has 1 aromatic heterocycles. The van der Waals surface area contributed by atoms with Crippen molar-refractivity contribution in [2.75, 3.05) is 19.8 Å². The third kappa shape index (κ3) is 4.45. The number of amides is 1. The van der Waals surface area contributed by atoms with Crippen LogP contribution in [0.25, 0.3) is 5.76 Å². The fourth-order valence-corrected chi connectivity index (χ4v) is 5.21. The number of hydrogen-bond acceptors (Lipinski definition) is 6. The summed E-state index contributed by atoms with van der Waals surface area (Å²) >= 11 is 1.49. The van der Waals surface area contributed by atoms with Crippen LogP contribution in [0, 0.1) is 12.8 Å². The predicted octanol–water partition coefficient (Wildman–Crippen LogP) is 4.69. The Morgan fingerprint density at radius 3 is 2.78 bits per heavy atom. The Hall–Kier alpha value is -2.64. The molecular formula is C25H29NO5S. The van der Waals surface area contributed by atoms with Crippen LogP contribution in [0.1, 0.15) is 48.7 Å². The molecule has 2 saturated heterocycles. The van der Waals surface area contributed by atoms with Crippen molar-refractivity contribution in [3.8, 4) is 5.75 Å². The van der Waals surface area contributed by atoms with Gasteiger partial charge >= 0.3 is 0 Å². The average Bonchev–Trinajstić information content (AvgIpc) is 3.49. The van der Waals surface area contributed by atoms with Gasteiger partial charge in [0, 0.05) is 23.6 Å². The van der Waals surface area contributed by atoms with Crippen molar-refractivity contribution in [1.82, 2.24) is 4.90 Å². The summed E-state index contributed by atoms with van der Waals surface area (Å²) in [5, 5.41) is 13.2. The molecule has 3 heterocycles. The first-order valence-corrected chi connectivity index (χ1v) is 11.9. The number of Topliss-reactive ketones (excluding diaryl/α,β-unsaturated/α-hetero) is 1. The van der Waals surface area contributed by atoms with Crippen LogP contribution in [0.5, 0.6) is 5.75 Å². The number of aryl methyl sites for hydroxylation is 1. The van der Waals surface area contributed by atoms with Crippen LogP contribution < -0.4 is 4.74 Å². The molecule has 170 valence electrons. The van der Waals surface area contributed by atoms with Crippen LogP contribution in [0.15, 0.2) is 41.3 Å². The van der Waals surface area contributed by atoms with E-state index in [-0.39, 0.29) is 17.4 Å². The number of aliphatic hydroxyl groups is 1. The highest BCUT2D eigenvalue weighted by Crippen LogP contribution is 2.43. The Labute approximate surface area is 192 Å². The number of benzene rings is 1. The number of nitrogens with zero attached hydrogens (tertiary/aromatic N) is 1. The molecule has 0 aliphatic carbocycles. The van der Waals surface area contributed by atoms with E-state index >= 15 is 0 Å². The number of carbonyl (C=O) groups is 2. The summed E-state index contributed by atoms with van der Waals surface area (Å²) in [5.74, 6) is -0.456. The van der Waals surface area contributed by atoms with Gasteiger partial charge in [-0.2, -0.15) is 0 Å². The Kier molecular flexibility index (Phi) is 6.67. The largest absolute Gasteiger partial charge is 0.507 e. The highest BCUT2D eigenvalue weighted by atomic mass is 32.1. The molecule has 32 heavy (non-hydrogen) atoms. The van der Waals surface area contributed by atoms with Gasteiger partial charge in [-0.05, 0) is 54.8 Å². The van der Waals surface area contributed by atoms with Crippen molar-refractivity contribution in [2.24, 2.45) is 5.92 Å². The van der Waals surface area contributed by atoms with E-state index in [4.69, 9.17) is 9.47 Å². The van der Waals surface area contributed by atoms with Crippen molar-refractivity contribution < 1.29 is 24.2 Å². The van der Waals surface area contributed by atoms with E-state index in [0.29, 0.717) is 37.0 Å².